The lowest BCUT2D eigenvalue weighted by Crippen LogP contribution is -2.24. The average molecular weight is 344 g/mol. The van der Waals surface area contributed by atoms with E-state index < -0.39 is 28.7 Å². The number of hydrogen-bond donors (Lipinski definition) is 1. The molecular formula is C12H17ClF3N3OS. The highest BCUT2D eigenvalue weighted by atomic mass is 35.5. The molecule has 1 atom stereocenters. The van der Waals surface area contributed by atoms with Crippen LogP contribution in [0, 0.1) is 0 Å². The molecule has 0 aromatic carbocycles. The number of carbonyl (C=O) groups excluding carboxylic acids is 1. The summed E-state index contributed by atoms with van der Waals surface area (Å²) in [4.78, 5) is 12.0. The number of alkyl halides is 3. The molecule has 1 unspecified atom stereocenters. The molecule has 1 amide bonds. The summed E-state index contributed by atoms with van der Waals surface area (Å²) in [6, 6.07) is 0. The molecule has 0 saturated carbocycles. The van der Waals surface area contributed by atoms with E-state index in [0.717, 1.165) is 23.3 Å². The summed E-state index contributed by atoms with van der Waals surface area (Å²) in [6.07, 6.45) is -2.73. The molecule has 1 heterocycles. The summed E-state index contributed by atoms with van der Waals surface area (Å²) >= 11 is 7.17. The number of thioether (sulfide) groups is 1. The van der Waals surface area contributed by atoms with Crippen molar-refractivity contribution in [1.29, 1.82) is 0 Å². The molecule has 0 fully saturated rings. The fourth-order valence-corrected chi connectivity index (χ4v) is 2.71. The predicted molar refractivity (Wildman–Crippen MR) is 78.7 cm³/mol. The second kappa shape index (κ2) is 7.40. The van der Waals surface area contributed by atoms with Crippen LogP contribution in [0.1, 0.15) is 32.4 Å². The van der Waals surface area contributed by atoms with Crippen molar-refractivity contribution < 1.29 is 18.0 Å². The molecule has 21 heavy (non-hydrogen) atoms. The van der Waals surface area contributed by atoms with Gasteiger partial charge in [0, 0.05) is 7.05 Å². The molecule has 120 valence electrons. The molecule has 0 aliphatic carbocycles. The van der Waals surface area contributed by atoms with Gasteiger partial charge in [-0.2, -0.15) is 18.3 Å². The third-order valence-electron chi connectivity index (χ3n) is 2.73. The Balaban J connectivity index is 2.85. The number of nitrogens with one attached hydrogen (secondary N) is 1. The molecule has 1 rings (SSSR count). The van der Waals surface area contributed by atoms with Gasteiger partial charge in [0.15, 0.2) is 10.8 Å². The first-order valence-electron chi connectivity index (χ1n) is 6.40. The maximum absolute atomic E-state index is 12.9. The van der Waals surface area contributed by atoms with Crippen molar-refractivity contribution in [2.45, 2.75) is 38.1 Å². The molecule has 1 N–H and O–H groups in total. The smallest absolute Gasteiger partial charge is 0.321 e. The van der Waals surface area contributed by atoms with Crippen molar-refractivity contribution in [2.75, 3.05) is 11.1 Å². The summed E-state index contributed by atoms with van der Waals surface area (Å²) in [5.74, 6) is 0.259. The zero-order chi connectivity index (χ0) is 16.2. The van der Waals surface area contributed by atoms with Gasteiger partial charge in [-0.25, -0.2) is 0 Å². The van der Waals surface area contributed by atoms with Gasteiger partial charge < -0.3 is 5.32 Å². The van der Waals surface area contributed by atoms with Gasteiger partial charge in [0.1, 0.15) is 5.69 Å². The highest BCUT2D eigenvalue weighted by Gasteiger charge is 2.39. The van der Waals surface area contributed by atoms with Crippen molar-refractivity contribution in [3.8, 4) is 0 Å². The molecular weight excluding hydrogens is 327 g/mol. The van der Waals surface area contributed by atoms with Crippen molar-refractivity contribution in [3.63, 3.8) is 0 Å². The quantitative estimate of drug-likeness (QED) is 0.795. The van der Waals surface area contributed by atoms with Crippen LogP contribution in [0.5, 0.6) is 0 Å². The molecule has 1 aromatic rings. The van der Waals surface area contributed by atoms with Gasteiger partial charge in [-0.3, -0.25) is 9.48 Å². The Hall–Kier alpha value is -0.890. The van der Waals surface area contributed by atoms with Crippen LogP contribution in [-0.2, 0) is 18.0 Å². The molecule has 4 nitrogen and oxygen atoms in total. The fourth-order valence-electron chi connectivity index (χ4n) is 1.52. The molecule has 9 heteroatoms. The molecule has 0 radical (unpaired) electrons. The number of halogens is 4. The van der Waals surface area contributed by atoms with E-state index in [1.807, 2.05) is 6.92 Å². The molecule has 0 aliphatic rings. The summed E-state index contributed by atoms with van der Waals surface area (Å²) in [7, 11) is 1.28. The van der Waals surface area contributed by atoms with Crippen LogP contribution in [0.2, 0.25) is 5.15 Å². The number of unbranched alkanes of at least 4 members (excludes halogenated alkanes) is 1. The number of anilines is 1. The molecule has 0 saturated heterocycles. The Morgan fingerprint density at radius 3 is 2.67 bits per heavy atom. The van der Waals surface area contributed by atoms with Crippen molar-refractivity contribution in [2.24, 2.45) is 7.05 Å². The minimum absolute atomic E-state index is 0.249. The second-order valence-corrected chi connectivity index (χ2v) is 6.30. The highest BCUT2D eigenvalue weighted by Crippen LogP contribution is 2.38. The number of carbonyl (C=O) groups is 1. The summed E-state index contributed by atoms with van der Waals surface area (Å²) in [6.45, 7) is 3.67. The highest BCUT2D eigenvalue weighted by molar-refractivity contribution is 8.00. The van der Waals surface area contributed by atoms with Gasteiger partial charge in [-0.1, -0.05) is 24.9 Å². The predicted octanol–water partition coefficient (Wildman–Crippen LogP) is 3.95. The Labute approximate surface area is 130 Å². The lowest BCUT2D eigenvalue weighted by molar-refractivity contribution is -0.140. The minimum atomic E-state index is -4.67. The first-order chi connectivity index (χ1) is 9.68. The van der Waals surface area contributed by atoms with Crippen LogP contribution in [0.15, 0.2) is 0 Å². The number of aromatic nitrogens is 2. The van der Waals surface area contributed by atoms with Crippen LogP contribution >= 0.6 is 23.4 Å². The standard InChI is InChI=1S/C12H17ClF3N3OS/c1-4-5-6-21-7(2)11(20)17-8-9(12(14,15)16)18-19(3)10(8)13/h7H,4-6H2,1-3H3,(H,17,20). The average Bonchev–Trinajstić information content (AvgIpc) is 2.67. The lowest BCUT2D eigenvalue weighted by atomic mass is 10.3. The van der Waals surface area contributed by atoms with Crippen molar-refractivity contribution in [3.05, 3.63) is 10.8 Å². The third kappa shape index (κ3) is 4.81. The largest absolute Gasteiger partial charge is 0.437 e. The van der Waals surface area contributed by atoms with Gasteiger partial charge >= 0.3 is 6.18 Å². The van der Waals surface area contributed by atoms with Gasteiger partial charge in [0.05, 0.1) is 5.25 Å². The molecule has 0 bridgehead atoms. The fraction of sp³-hybridized carbons (Fsp3) is 0.667. The van der Waals surface area contributed by atoms with E-state index in [1.165, 1.54) is 18.8 Å². The van der Waals surface area contributed by atoms with Crippen LogP contribution in [0.4, 0.5) is 18.9 Å². The Bertz CT molecular complexity index is 505. The van der Waals surface area contributed by atoms with E-state index in [0.29, 0.717) is 0 Å². The number of rotatable bonds is 6. The van der Waals surface area contributed by atoms with Gasteiger partial charge in [0.25, 0.3) is 0 Å². The first-order valence-corrected chi connectivity index (χ1v) is 7.83. The zero-order valence-electron chi connectivity index (χ0n) is 11.9. The molecule has 0 spiro atoms. The van der Waals surface area contributed by atoms with Gasteiger partial charge in [-0.15, -0.1) is 11.8 Å². The molecule has 0 aliphatic heterocycles. The number of hydrogen-bond acceptors (Lipinski definition) is 3. The van der Waals surface area contributed by atoms with E-state index in [2.05, 4.69) is 10.4 Å². The zero-order valence-corrected chi connectivity index (χ0v) is 13.5. The Morgan fingerprint density at radius 1 is 1.52 bits per heavy atom. The third-order valence-corrected chi connectivity index (χ3v) is 4.40. The van der Waals surface area contributed by atoms with E-state index in [9.17, 15) is 18.0 Å². The van der Waals surface area contributed by atoms with Crippen molar-refractivity contribution >= 4 is 35.0 Å². The monoisotopic (exact) mass is 343 g/mol. The van der Waals surface area contributed by atoms with E-state index >= 15 is 0 Å². The van der Waals surface area contributed by atoms with Gasteiger partial charge in [0.2, 0.25) is 5.91 Å². The van der Waals surface area contributed by atoms with E-state index in [4.69, 9.17) is 11.6 Å². The number of aryl methyl sites for hydroxylation is 1. The van der Waals surface area contributed by atoms with E-state index in [1.54, 1.807) is 6.92 Å². The van der Waals surface area contributed by atoms with Crippen LogP contribution in [0.3, 0.4) is 0 Å². The number of nitrogens with zero attached hydrogens (tertiary/aromatic N) is 2. The van der Waals surface area contributed by atoms with Crippen LogP contribution < -0.4 is 5.32 Å². The Morgan fingerprint density at radius 2 is 2.14 bits per heavy atom. The summed E-state index contributed by atoms with van der Waals surface area (Å²) in [5.41, 5.74) is -1.67. The van der Waals surface area contributed by atoms with Crippen LogP contribution in [-0.4, -0.2) is 26.7 Å². The minimum Gasteiger partial charge on any atom is -0.321 e. The Kier molecular flexibility index (Phi) is 6.40. The summed E-state index contributed by atoms with van der Waals surface area (Å²) in [5, 5.41) is 4.83. The normalized spacial score (nSPS) is 13.3. The van der Waals surface area contributed by atoms with Crippen LogP contribution in [0.25, 0.3) is 0 Å². The maximum atomic E-state index is 12.9. The van der Waals surface area contributed by atoms with E-state index in [-0.39, 0.29) is 5.15 Å². The first kappa shape index (κ1) is 18.2. The SMILES string of the molecule is CCCCSC(C)C(=O)Nc1c(C(F)(F)F)nn(C)c1Cl. The lowest BCUT2D eigenvalue weighted by Gasteiger charge is -2.13. The number of amides is 1. The second-order valence-electron chi connectivity index (χ2n) is 4.49. The van der Waals surface area contributed by atoms with Crippen molar-refractivity contribution in [1.82, 2.24) is 9.78 Å². The maximum Gasteiger partial charge on any atom is 0.437 e. The van der Waals surface area contributed by atoms with Gasteiger partial charge in [-0.05, 0) is 19.1 Å². The topological polar surface area (TPSA) is 46.9 Å². The summed E-state index contributed by atoms with van der Waals surface area (Å²) < 4.78 is 39.4. The molecule has 1 aromatic heterocycles.